The summed E-state index contributed by atoms with van der Waals surface area (Å²) in [7, 11) is 0. The number of benzene rings is 2. The van der Waals surface area contributed by atoms with Crippen molar-refractivity contribution in [3.8, 4) is 5.75 Å². The minimum atomic E-state index is -0.360. The van der Waals surface area contributed by atoms with E-state index in [0.29, 0.717) is 24.3 Å². The molecule has 1 aliphatic rings. The van der Waals surface area contributed by atoms with Crippen LogP contribution < -0.4 is 15.8 Å². The molecule has 5 heteroatoms. The second-order valence-corrected chi connectivity index (χ2v) is 5.00. The third kappa shape index (κ3) is 2.97. The van der Waals surface area contributed by atoms with E-state index in [1.165, 1.54) is 12.1 Å². The zero-order valence-electron chi connectivity index (χ0n) is 11.4. The highest BCUT2D eigenvalue weighted by Crippen LogP contribution is 2.27. The molecular formula is C16H15FN2O2. The molecule has 0 fully saturated rings. The van der Waals surface area contributed by atoms with Gasteiger partial charge in [0.15, 0.2) is 0 Å². The minimum absolute atomic E-state index is 0.0373. The standard InChI is InChI=1S/C16H15FN2O2/c17-12-3-1-11(14(18)8-12)9-21-13-4-5-15-10(7-13)2-6-16(20)19-15/h1,3-5,7-8H,2,6,9,18H2,(H,19,20). The number of nitrogens with one attached hydrogen (secondary N) is 1. The van der Waals surface area contributed by atoms with Crippen molar-refractivity contribution in [1.82, 2.24) is 0 Å². The van der Waals surface area contributed by atoms with E-state index in [-0.39, 0.29) is 18.3 Å². The number of ether oxygens (including phenoxy) is 1. The molecule has 1 amide bonds. The Morgan fingerprint density at radius 2 is 2.05 bits per heavy atom. The first kappa shape index (κ1) is 13.4. The molecule has 0 saturated carbocycles. The Hall–Kier alpha value is -2.56. The van der Waals surface area contributed by atoms with Gasteiger partial charge in [0.1, 0.15) is 18.2 Å². The Balaban J connectivity index is 1.72. The van der Waals surface area contributed by atoms with Crippen molar-refractivity contribution in [1.29, 1.82) is 0 Å². The summed E-state index contributed by atoms with van der Waals surface area (Å²) in [5, 5.41) is 2.82. The van der Waals surface area contributed by atoms with E-state index < -0.39 is 0 Å². The molecule has 0 bridgehead atoms. The molecule has 0 radical (unpaired) electrons. The SMILES string of the molecule is Nc1cc(F)ccc1COc1ccc2c(c1)CCC(=O)N2. The molecule has 0 aromatic heterocycles. The average molecular weight is 286 g/mol. The van der Waals surface area contributed by atoms with E-state index in [0.717, 1.165) is 16.8 Å². The topological polar surface area (TPSA) is 64.3 Å². The maximum Gasteiger partial charge on any atom is 0.224 e. The highest BCUT2D eigenvalue weighted by atomic mass is 19.1. The first-order valence-electron chi connectivity index (χ1n) is 6.71. The summed E-state index contributed by atoms with van der Waals surface area (Å²) < 4.78 is 18.7. The van der Waals surface area contributed by atoms with Crippen molar-refractivity contribution in [3.05, 3.63) is 53.3 Å². The van der Waals surface area contributed by atoms with E-state index in [4.69, 9.17) is 10.5 Å². The molecule has 1 heterocycles. The quantitative estimate of drug-likeness (QED) is 0.853. The highest BCUT2D eigenvalue weighted by molar-refractivity contribution is 5.93. The van der Waals surface area contributed by atoms with Gasteiger partial charge in [0.2, 0.25) is 5.91 Å². The number of hydrogen-bond acceptors (Lipinski definition) is 3. The number of nitrogen functional groups attached to an aromatic ring is 1. The van der Waals surface area contributed by atoms with Crippen LogP contribution in [0.5, 0.6) is 5.75 Å². The van der Waals surface area contributed by atoms with E-state index in [2.05, 4.69) is 5.32 Å². The summed E-state index contributed by atoms with van der Waals surface area (Å²) in [4.78, 5) is 11.3. The fourth-order valence-electron chi connectivity index (χ4n) is 2.31. The molecule has 0 atom stereocenters. The van der Waals surface area contributed by atoms with Crippen LogP contribution in [0, 0.1) is 5.82 Å². The Kier molecular flexibility index (Phi) is 3.48. The maximum atomic E-state index is 13.0. The predicted molar refractivity (Wildman–Crippen MR) is 78.5 cm³/mol. The highest BCUT2D eigenvalue weighted by Gasteiger charge is 2.15. The van der Waals surface area contributed by atoms with Gasteiger partial charge in [-0.05, 0) is 42.3 Å². The van der Waals surface area contributed by atoms with Gasteiger partial charge in [-0.3, -0.25) is 4.79 Å². The maximum absolute atomic E-state index is 13.0. The monoisotopic (exact) mass is 286 g/mol. The third-order valence-corrected chi connectivity index (χ3v) is 3.47. The lowest BCUT2D eigenvalue weighted by atomic mass is 10.0. The summed E-state index contributed by atoms with van der Waals surface area (Å²) in [6, 6.07) is 9.79. The van der Waals surface area contributed by atoms with Gasteiger partial charge >= 0.3 is 0 Å². The number of aryl methyl sites for hydroxylation is 1. The van der Waals surface area contributed by atoms with Crippen LogP contribution in [0.2, 0.25) is 0 Å². The number of carbonyl (C=O) groups is 1. The number of hydrogen-bond donors (Lipinski definition) is 2. The van der Waals surface area contributed by atoms with Crippen LogP contribution >= 0.6 is 0 Å². The van der Waals surface area contributed by atoms with Crippen LogP contribution in [0.25, 0.3) is 0 Å². The fourth-order valence-corrected chi connectivity index (χ4v) is 2.31. The summed E-state index contributed by atoms with van der Waals surface area (Å²) in [5.74, 6) is 0.379. The molecule has 4 nitrogen and oxygen atoms in total. The number of fused-ring (bicyclic) bond motifs is 1. The van der Waals surface area contributed by atoms with Crippen molar-refractivity contribution in [2.75, 3.05) is 11.1 Å². The van der Waals surface area contributed by atoms with Crippen LogP contribution in [-0.4, -0.2) is 5.91 Å². The molecule has 108 valence electrons. The van der Waals surface area contributed by atoms with Crippen molar-refractivity contribution < 1.29 is 13.9 Å². The van der Waals surface area contributed by atoms with Crippen molar-refractivity contribution in [2.45, 2.75) is 19.4 Å². The van der Waals surface area contributed by atoms with Crippen LogP contribution in [0.3, 0.4) is 0 Å². The molecule has 0 spiro atoms. The second-order valence-electron chi connectivity index (χ2n) is 5.00. The number of halogens is 1. The molecule has 1 aliphatic heterocycles. The number of nitrogens with two attached hydrogens (primary N) is 1. The predicted octanol–water partition coefficient (Wildman–Crippen LogP) is 2.87. The van der Waals surface area contributed by atoms with Crippen LogP contribution in [0.1, 0.15) is 17.5 Å². The van der Waals surface area contributed by atoms with Crippen molar-refractivity contribution in [3.63, 3.8) is 0 Å². The lowest BCUT2D eigenvalue weighted by Crippen LogP contribution is -2.18. The van der Waals surface area contributed by atoms with Gasteiger partial charge in [0.25, 0.3) is 0 Å². The van der Waals surface area contributed by atoms with Gasteiger partial charge in [-0.1, -0.05) is 6.07 Å². The second kappa shape index (κ2) is 5.44. The molecule has 3 N–H and O–H groups in total. The first-order chi connectivity index (χ1) is 10.1. The number of rotatable bonds is 3. The Morgan fingerprint density at radius 3 is 2.86 bits per heavy atom. The lowest BCUT2D eigenvalue weighted by Gasteiger charge is -2.18. The molecule has 2 aromatic carbocycles. The molecule has 3 rings (SSSR count). The largest absolute Gasteiger partial charge is 0.489 e. The minimum Gasteiger partial charge on any atom is -0.489 e. The summed E-state index contributed by atoms with van der Waals surface area (Å²) in [6.07, 6.45) is 1.19. The number of amides is 1. The number of carbonyl (C=O) groups excluding carboxylic acids is 1. The van der Waals surface area contributed by atoms with E-state index in [1.807, 2.05) is 12.1 Å². The molecule has 0 unspecified atom stereocenters. The van der Waals surface area contributed by atoms with E-state index in [1.54, 1.807) is 12.1 Å². The van der Waals surface area contributed by atoms with Gasteiger partial charge in [-0.25, -0.2) is 4.39 Å². The normalized spacial score (nSPS) is 13.5. The fraction of sp³-hybridized carbons (Fsp3) is 0.188. The molecule has 0 saturated heterocycles. The van der Waals surface area contributed by atoms with Crippen LogP contribution in [0.15, 0.2) is 36.4 Å². The third-order valence-electron chi connectivity index (χ3n) is 3.47. The lowest BCUT2D eigenvalue weighted by molar-refractivity contribution is -0.116. The van der Waals surface area contributed by atoms with Gasteiger partial charge in [-0.2, -0.15) is 0 Å². The van der Waals surface area contributed by atoms with E-state index >= 15 is 0 Å². The average Bonchev–Trinajstić information content (AvgIpc) is 2.46. The van der Waals surface area contributed by atoms with Gasteiger partial charge < -0.3 is 15.8 Å². The molecule has 0 aliphatic carbocycles. The first-order valence-corrected chi connectivity index (χ1v) is 6.71. The Bertz CT molecular complexity index is 701. The smallest absolute Gasteiger partial charge is 0.224 e. The summed E-state index contributed by atoms with van der Waals surface area (Å²) >= 11 is 0. The van der Waals surface area contributed by atoms with Gasteiger partial charge in [0.05, 0.1) is 0 Å². The molecule has 2 aromatic rings. The van der Waals surface area contributed by atoms with Crippen molar-refractivity contribution in [2.24, 2.45) is 0 Å². The van der Waals surface area contributed by atoms with Gasteiger partial charge in [-0.15, -0.1) is 0 Å². The van der Waals surface area contributed by atoms with Crippen LogP contribution in [0.4, 0.5) is 15.8 Å². The molecule has 21 heavy (non-hydrogen) atoms. The number of anilines is 2. The molecular weight excluding hydrogens is 271 g/mol. The Morgan fingerprint density at radius 1 is 1.19 bits per heavy atom. The van der Waals surface area contributed by atoms with E-state index in [9.17, 15) is 9.18 Å². The zero-order chi connectivity index (χ0) is 14.8. The van der Waals surface area contributed by atoms with Gasteiger partial charge in [0, 0.05) is 23.4 Å². The summed E-state index contributed by atoms with van der Waals surface area (Å²) in [5.41, 5.74) is 8.75. The van der Waals surface area contributed by atoms with Crippen molar-refractivity contribution >= 4 is 17.3 Å². The summed E-state index contributed by atoms with van der Waals surface area (Å²) in [6.45, 7) is 0.275. The van der Waals surface area contributed by atoms with Crippen LogP contribution in [-0.2, 0) is 17.8 Å². The zero-order valence-corrected chi connectivity index (χ0v) is 11.4. The Labute approximate surface area is 121 Å².